The molecular weight excluding hydrogens is 330 g/mol. The number of carbonyl (C=O) groups is 1. The van der Waals surface area contributed by atoms with Crippen LogP contribution in [0.2, 0.25) is 0 Å². The summed E-state index contributed by atoms with van der Waals surface area (Å²) in [5.41, 5.74) is 0.995. The Kier molecular flexibility index (Phi) is 5.68. The molecule has 0 radical (unpaired) electrons. The fraction of sp³-hybridized carbons (Fsp3) is 0.421. The molecular formula is C19H25N5O2. The fourth-order valence-corrected chi connectivity index (χ4v) is 2.90. The number of benzene rings is 1. The van der Waals surface area contributed by atoms with E-state index in [0.717, 1.165) is 32.0 Å². The lowest BCUT2D eigenvalue weighted by Crippen LogP contribution is -2.45. The third-order valence-corrected chi connectivity index (χ3v) is 4.32. The first-order valence-electron chi connectivity index (χ1n) is 8.89. The lowest BCUT2D eigenvalue weighted by Gasteiger charge is -2.33. The molecule has 7 nitrogen and oxygen atoms in total. The third-order valence-electron chi connectivity index (χ3n) is 4.32. The van der Waals surface area contributed by atoms with E-state index in [1.165, 1.54) is 0 Å². The number of aromatic nitrogens is 2. The third kappa shape index (κ3) is 4.29. The number of rotatable bonds is 5. The molecule has 0 bridgehead atoms. The average molecular weight is 355 g/mol. The van der Waals surface area contributed by atoms with Gasteiger partial charge in [0.15, 0.2) is 0 Å². The first-order valence-corrected chi connectivity index (χ1v) is 8.89. The van der Waals surface area contributed by atoms with Gasteiger partial charge in [0.05, 0.1) is 12.3 Å². The molecule has 3 rings (SSSR count). The van der Waals surface area contributed by atoms with Crippen molar-refractivity contribution >= 4 is 17.4 Å². The molecule has 2 aromatic rings. The van der Waals surface area contributed by atoms with Crippen molar-refractivity contribution in [3.8, 4) is 5.75 Å². The maximum atomic E-state index is 12.7. The minimum absolute atomic E-state index is 0.266. The maximum absolute atomic E-state index is 12.7. The minimum Gasteiger partial charge on any atom is -0.492 e. The van der Waals surface area contributed by atoms with Crippen molar-refractivity contribution in [1.29, 1.82) is 0 Å². The summed E-state index contributed by atoms with van der Waals surface area (Å²) in [5.74, 6) is 1.77. The predicted molar refractivity (Wildman–Crippen MR) is 102 cm³/mol. The van der Waals surface area contributed by atoms with Crippen LogP contribution in [0.4, 0.5) is 11.5 Å². The Bertz CT molecular complexity index is 772. The van der Waals surface area contributed by atoms with E-state index in [2.05, 4.69) is 32.1 Å². The summed E-state index contributed by atoms with van der Waals surface area (Å²) < 4.78 is 5.57. The van der Waals surface area contributed by atoms with E-state index in [9.17, 15) is 4.79 Å². The Morgan fingerprint density at radius 2 is 1.92 bits per heavy atom. The van der Waals surface area contributed by atoms with Gasteiger partial charge < -0.3 is 19.9 Å². The van der Waals surface area contributed by atoms with Crippen LogP contribution in [-0.2, 0) is 0 Å². The quantitative estimate of drug-likeness (QED) is 0.887. The molecule has 1 aliphatic rings. The number of likely N-dealkylation sites (N-methyl/N-ethyl adjacent to an activating group) is 1. The molecule has 2 heterocycles. The van der Waals surface area contributed by atoms with Crippen molar-refractivity contribution in [3.05, 3.63) is 41.9 Å². The monoisotopic (exact) mass is 355 g/mol. The molecule has 26 heavy (non-hydrogen) atoms. The highest BCUT2D eigenvalue weighted by atomic mass is 16.5. The summed E-state index contributed by atoms with van der Waals surface area (Å²) in [5, 5.41) is 2.90. The van der Waals surface area contributed by atoms with Gasteiger partial charge in [-0.25, -0.2) is 9.97 Å². The van der Waals surface area contributed by atoms with E-state index in [-0.39, 0.29) is 5.91 Å². The lowest BCUT2D eigenvalue weighted by molar-refractivity contribution is 0.102. The summed E-state index contributed by atoms with van der Waals surface area (Å²) in [6, 6.07) is 9.15. The molecule has 1 aromatic carbocycles. The number of nitrogens with zero attached hydrogens (tertiary/aromatic N) is 4. The van der Waals surface area contributed by atoms with Crippen molar-refractivity contribution < 1.29 is 9.53 Å². The molecule has 0 saturated carbocycles. The van der Waals surface area contributed by atoms with Crippen LogP contribution in [-0.4, -0.2) is 60.6 Å². The lowest BCUT2D eigenvalue weighted by atomic mass is 10.2. The highest BCUT2D eigenvalue weighted by molar-refractivity contribution is 6.04. The van der Waals surface area contributed by atoms with Crippen molar-refractivity contribution in [2.24, 2.45) is 0 Å². The number of anilines is 2. The highest BCUT2D eigenvalue weighted by Gasteiger charge is 2.19. The average Bonchev–Trinajstić information content (AvgIpc) is 2.63. The van der Waals surface area contributed by atoms with E-state index < -0.39 is 0 Å². The molecule has 0 spiro atoms. The van der Waals surface area contributed by atoms with Crippen LogP contribution in [0.25, 0.3) is 0 Å². The van der Waals surface area contributed by atoms with Gasteiger partial charge in [0.2, 0.25) is 0 Å². The van der Waals surface area contributed by atoms with E-state index in [0.29, 0.717) is 29.6 Å². The zero-order valence-corrected chi connectivity index (χ0v) is 15.5. The number of carbonyl (C=O) groups excluding carboxylic acids is 1. The zero-order chi connectivity index (χ0) is 18.5. The van der Waals surface area contributed by atoms with E-state index in [1.807, 2.05) is 38.1 Å². The summed E-state index contributed by atoms with van der Waals surface area (Å²) in [6.07, 6.45) is 0. The second kappa shape index (κ2) is 8.14. The van der Waals surface area contributed by atoms with Gasteiger partial charge >= 0.3 is 0 Å². The van der Waals surface area contributed by atoms with Gasteiger partial charge in [-0.1, -0.05) is 12.1 Å². The summed E-state index contributed by atoms with van der Waals surface area (Å²) >= 11 is 0. The van der Waals surface area contributed by atoms with Gasteiger partial charge in [0.25, 0.3) is 5.91 Å². The van der Waals surface area contributed by atoms with Gasteiger partial charge in [-0.05, 0) is 33.0 Å². The Labute approximate surface area is 154 Å². The van der Waals surface area contributed by atoms with E-state index in [1.54, 1.807) is 6.07 Å². The molecule has 1 fully saturated rings. The van der Waals surface area contributed by atoms with Crippen LogP contribution in [0.15, 0.2) is 30.3 Å². The largest absolute Gasteiger partial charge is 0.492 e. The molecule has 1 amide bonds. The maximum Gasteiger partial charge on any atom is 0.274 e. The number of ether oxygens (including phenoxy) is 1. The van der Waals surface area contributed by atoms with Crippen LogP contribution in [0.1, 0.15) is 23.2 Å². The van der Waals surface area contributed by atoms with Crippen LogP contribution in [0, 0.1) is 6.92 Å². The number of aryl methyl sites for hydroxylation is 1. The Hall–Kier alpha value is -2.67. The topological polar surface area (TPSA) is 70.6 Å². The van der Waals surface area contributed by atoms with Crippen molar-refractivity contribution in [1.82, 2.24) is 14.9 Å². The van der Waals surface area contributed by atoms with Crippen molar-refractivity contribution in [2.75, 3.05) is 50.1 Å². The second-order valence-electron chi connectivity index (χ2n) is 6.33. The molecule has 138 valence electrons. The summed E-state index contributed by atoms with van der Waals surface area (Å²) in [6.45, 7) is 7.99. The van der Waals surface area contributed by atoms with Crippen LogP contribution >= 0.6 is 0 Å². The minimum atomic E-state index is -0.266. The molecule has 0 atom stereocenters. The number of hydrogen-bond donors (Lipinski definition) is 1. The summed E-state index contributed by atoms with van der Waals surface area (Å²) in [4.78, 5) is 26.0. The van der Waals surface area contributed by atoms with Crippen molar-refractivity contribution in [2.45, 2.75) is 13.8 Å². The standard InChI is InChI=1S/C19H25N5O2/c1-4-26-17-8-6-5-7-15(17)22-19(25)16-13-18(21-14(2)20-16)24-11-9-23(3)10-12-24/h5-8,13H,4,9-12H2,1-3H3,(H,22,25). The van der Waals surface area contributed by atoms with Gasteiger partial charge in [0, 0.05) is 32.2 Å². The first-order chi connectivity index (χ1) is 12.6. The fourth-order valence-electron chi connectivity index (χ4n) is 2.90. The first kappa shape index (κ1) is 18.1. The number of piperazine rings is 1. The molecule has 1 N–H and O–H groups in total. The summed E-state index contributed by atoms with van der Waals surface area (Å²) in [7, 11) is 2.11. The van der Waals surface area contributed by atoms with Gasteiger partial charge in [0.1, 0.15) is 23.1 Å². The number of amides is 1. The number of para-hydroxylation sites is 2. The zero-order valence-electron chi connectivity index (χ0n) is 15.5. The number of nitrogens with one attached hydrogen (secondary N) is 1. The van der Waals surface area contributed by atoms with E-state index in [4.69, 9.17) is 4.74 Å². The normalized spacial score (nSPS) is 15.0. The highest BCUT2D eigenvalue weighted by Crippen LogP contribution is 2.24. The Morgan fingerprint density at radius 1 is 1.19 bits per heavy atom. The second-order valence-corrected chi connectivity index (χ2v) is 6.33. The van der Waals surface area contributed by atoms with Gasteiger partial charge in [-0.2, -0.15) is 0 Å². The Balaban J connectivity index is 1.79. The SMILES string of the molecule is CCOc1ccccc1NC(=O)c1cc(N2CCN(C)CC2)nc(C)n1. The van der Waals surface area contributed by atoms with Crippen LogP contribution in [0.5, 0.6) is 5.75 Å². The Morgan fingerprint density at radius 3 is 2.65 bits per heavy atom. The van der Waals surface area contributed by atoms with Crippen LogP contribution in [0.3, 0.4) is 0 Å². The molecule has 0 unspecified atom stereocenters. The number of hydrogen-bond acceptors (Lipinski definition) is 6. The van der Waals surface area contributed by atoms with Crippen molar-refractivity contribution in [3.63, 3.8) is 0 Å². The van der Waals surface area contributed by atoms with Crippen LogP contribution < -0.4 is 15.0 Å². The van der Waals surface area contributed by atoms with E-state index >= 15 is 0 Å². The predicted octanol–water partition coefficient (Wildman–Crippen LogP) is 2.19. The molecule has 7 heteroatoms. The molecule has 1 aromatic heterocycles. The smallest absolute Gasteiger partial charge is 0.274 e. The van der Waals surface area contributed by atoms with Gasteiger partial charge in [-0.3, -0.25) is 4.79 Å². The molecule has 1 saturated heterocycles. The molecule has 1 aliphatic heterocycles. The van der Waals surface area contributed by atoms with Gasteiger partial charge in [-0.15, -0.1) is 0 Å². The molecule has 0 aliphatic carbocycles.